The van der Waals surface area contributed by atoms with E-state index < -0.39 is 10.0 Å². The molecule has 2 unspecified atom stereocenters. The van der Waals surface area contributed by atoms with Crippen LogP contribution in [-0.4, -0.2) is 49.1 Å². The van der Waals surface area contributed by atoms with Gasteiger partial charge in [-0.05, 0) is 24.6 Å². The number of piperazine rings is 1. The average molecular weight is 326 g/mol. The van der Waals surface area contributed by atoms with Crippen LogP contribution in [-0.2, 0) is 10.0 Å². The number of halogens is 1. The van der Waals surface area contributed by atoms with E-state index in [4.69, 9.17) is 11.6 Å². The third-order valence-electron chi connectivity index (χ3n) is 4.54. The van der Waals surface area contributed by atoms with E-state index in [1.807, 2.05) is 24.4 Å². The maximum absolute atomic E-state index is 11.8. The molecule has 2 bridgehead atoms. The van der Waals surface area contributed by atoms with Gasteiger partial charge in [0.05, 0.1) is 6.26 Å². The molecule has 1 N–H and O–H groups in total. The second-order valence-corrected chi connectivity index (χ2v) is 8.26. The Morgan fingerprint density at radius 1 is 1.29 bits per heavy atom. The third-order valence-corrected chi connectivity index (χ3v) is 6.05. The van der Waals surface area contributed by atoms with Crippen molar-refractivity contribution in [2.24, 2.45) is 0 Å². The van der Waals surface area contributed by atoms with Crippen LogP contribution in [0.25, 0.3) is 10.9 Å². The summed E-state index contributed by atoms with van der Waals surface area (Å²) in [7, 11) is -3.10. The Morgan fingerprint density at radius 2 is 2.10 bits per heavy atom. The highest BCUT2D eigenvalue weighted by Gasteiger charge is 2.47. The molecule has 0 spiro atoms. The largest absolute Gasteiger partial charge is 0.365 e. The Labute approximate surface area is 128 Å². The molecule has 0 radical (unpaired) electrons. The Kier molecular flexibility index (Phi) is 2.80. The number of nitrogens with zero attached hydrogens (tertiary/aromatic N) is 2. The van der Waals surface area contributed by atoms with Gasteiger partial charge in [-0.25, -0.2) is 8.42 Å². The summed E-state index contributed by atoms with van der Waals surface area (Å²) >= 11 is 6.21. The van der Waals surface area contributed by atoms with E-state index >= 15 is 0 Å². The molecule has 2 aromatic rings. The second kappa shape index (κ2) is 4.38. The van der Waals surface area contributed by atoms with Gasteiger partial charge in [-0.1, -0.05) is 11.6 Å². The summed E-state index contributed by atoms with van der Waals surface area (Å²) in [6, 6.07) is 6.25. The van der Waals surface area contributed by atoms with E-state index in [1.54, 1.807) is 4.31 Å². The molecule has 4 rings (SSSR count). The fraction of sp³-hybridized carbons (Fsp3) is 0.429. The van der Waals surface area contributed by atoms with Crippen molar-refractivity contribution in [1.82, 2.24) is 9.29 Å². The molecule has 7 heteroatoms. The summed E-state index contributed by atoms with van der Waals surface area (Å²) in [6.07, 6.45) is 4.09. The molecule has 2 atom stereocenters. The molecule has 0 aliphatic carbocycles. The smallest absolute Gasteiger partial charge is 0.211 e. The third kappa shape index (κ3) is 2.05. The number of anilines is 1. The van der Waals surface area contributed by atoms with Gasteiger partial charge in [0.25, 0.3) is 0 Å². The SMILES string of the molecule is CS(=O)(=O)N1CC2CC1CN2c1cc(Cl)cc2[nH]ccc12. The van der Waals surface area contributed by atoms with E-state index in [2.05, 4.69) is 9.88 Å². The average Bonchev–Trinajstić information content (AvgIpc) is 3.10. The van der Waals surface area contributed by atoms with Gasteiger partial charge in [0.2, 0.25) is 10.0 Å². The molecule has 0 saturated carbocycles. The first-order valence-electron chi connectivity index (χ1n) is 6.93. The van der Waals surface area contributed by atoms with E-state index in [1.165, 1.54) is 6.26 Å². The van der Waals surface area contributed by atoms with Gasteiger partial charge >= 0.3 is 0 Å². The number of sulfonamides is 1. The molecule has 1 aromatic carbocycles. The van der Waals surface area contributed by atoms with Crippen LogP contribution in [0.1, 0.15) is 6.42 Å². The number of nitrogens with one attached hydrogen (secondary N) is 1. The van der Waals surface area contributed by atoms with Crippen LogP contribution in [0.3, 0.4) is 0 Å². The van der Waals surface area contributed by atoms with E-state index in [-0.39, 0.29) is 12.1 Å². The zero-order valence-electron chi connectivity index (χ0n) is 11.6. The number of rotatable bonds is 2. The van der Waals surface area contributed by atoms with Crippen LogP contribution >= 0.6 is 11.6 Å². The van der Waals surface area contributed by atoms with Crippen LogP contribution in [0.4, 0.5) is 5.69 Å². The van der Waals surface area contributed by atoms with Crippen molar-refractivity contribution in [3.05, 3.63) is 29.4 Å². The molecule has 2 fully saturated rings. The fourth-order valence-corrected chi connectivity index (χ4v) is 5.03. The molecule has 2 aliphatic rings. The number of aromatic nitrogens is 1. The Hall–Kier alpha value is -1.24. The maximum Gasteiger partial charge on any atom is 0.211 e. The molecule has 21 heavy (non-hydrogen) atoms. The predicted molar refractivity (Wildman–Crippen MR) is 84.4 cm³/mol. The highest BCUT2D eigenvalue weighted by atomic mass is 35.5. The molecule has 2 aliphatic heterocycles. The van der Waals surface area contributed by atoms with Gasteiger partial charge < -0.3 is 9.88 Å². The van der Waals surface area contributed by atoms with Crippen molar-refractivity contribution in [3.8, 4) is 0 Å². The minimum atomic E-state index is -3.10. The Morgan fingerprint density at radius 3 is 2.76 bits per heavy atom. The molecule has 2 saturated heterocycles. The quantitative estimate of drug-likeness (QED) is 0.919. The zero-order chi connectivity index (χ0) is 14.8. The summed E-state index contributed by atoms with van der Waals surface area (Å²) in [6.45, 7) is 1.31. The number of hydrogen-bond donors (Lipinski definition) is 1. The van der Waals surface area contributed by atoms with E-state index in [9.17, 15) is 8.42 Å². The van der Waals surface area contributed by atoms with Crippen molar-refractivity contribution in [2.45, 2.75) is 18.5 Å². The van der Waals surface area contributed by atoms with E-state index in [0.29, 0.717) is 11.6 Å². The minimum absolute atomic E-state index is 0.0815. The number of aromatic amines is 1. The van der Waals surface area contributed by atoms with Gasteiger partial charge in [-0.15, -0.1) is 0 Å². The maximum atomic E-state index is 11.8. The first-order valence-corrected chi connectivity index (χ1v) is 9.16. The molecular weight excluding hydrogens is 310 g/mol. The molecule has 112 valence electrons. The van der Waals surface area contributed by atoms with Crippen LogP contribution < -0.4 is 4.90 Å². The normalized spacial score (nSPS) is 26.1. The van der Waals surface area contributed by atoms with Crippen LogP contribution in [0, 0.1) is 0 Å². The Bertz CT molecular complexity index is 817. The first kappa shape index (κ1) is 13.4. The minimum Gasteiger partial charge on any atom is -0.365 e. The van der Waals surface area contributed by atoms with Gasteiger partial charge in [0.15, 0.2) is 0 Å². The molecule has 3 heterocycles. The summed E-state index contributed by atoms with van der Waals surface area (Å²) in [5, 5.41) is 1.83. The van der Waals surface area contributed by atoms with Crippen LogP contribution in [0.2, 0.25) is 5.02 Å². The predicted octanol–water partition coefficient (Wildman–Crippen LogP) is 2.04. The first-order chi connectivity index (χ1) is 9.93. The molecule has 5 nitrogen and oxygen atoms in total. The fourth-order valence-electron chi connectivity index (χ4n) is 3.68. The van der Waals surface area contributed by atoms with Crippen LogP contribution in [0.5, 0.6) is 0 Å². The highest BCUT2D eigenvalue weighted by molar-refractivity contribution is 7.88. The summed E-state index contributed by atoms with van der Waals surface area (Å²) in [4.78, 5) is 5.48. The van der Waals surface area contributed by atoms with Gasteiger partial charge in [-0.2, -0.15) is 4.31 Å². The standard InChI is InChI=1S/C14H16ClN3O2S/c1-21(19,20)18-8-10-6-11(18)7-17(10)14-5-9(15)4-13-12(14)2-3-16-13/h2-5,10-11,16H,6-8H2,1H3. The lowest BCUT2D eigenvalue weighted by Gasteiger charge is -2.34. The van der Waals surface area contributed by atoms with Crippen molar-refractivity contribution in [2.75, 3.05) is 24.2 Å². The lowest BCUT2D eigenvalue weighted by molar-refractivity contribution is 0.372. The lowest BCUT2D eigenvalue weighted by Crippen LogP contribution is -2.48. The zero-order valence-corrected chi connectivity index (χ0v) is 13.2. The van der Waals surface area contributed by atoms with Crippen molar-refractivity contribution < 1.29 is 8.42 Å². The summed E-state index contributed by atoms with van der Waals surface area (Å²) in [5.41, 5.74) is 2.11. The van der Waals surface area contributed by atoms with Gasteiger partial charge in [0, 0.05) is 53.0 Å². The highest BCUT2D eigenvalue weighted by Crippen LogP contribution is 2.39. The van der Waals surface area contributed by atoms with Crippen molar-refractivity contribution >= 4 is 38.2 Å². The second-order valence-electron chi connectivity index (χ2n) is 5.89. The molecule has 1 aromatic heterocycles. The molecular formula is C14H16ClN3O2S. The summed E-state index contributed by atoms with van der Waals surface area (Å²) in [5.74, 6) is 0. The van der Waals surface area contributed by atoms with E-state index in [0.717, 1.165) is 29.6 Å². The van der Waals surface area contributed by atoms with Crippen LogP contribution in [0.15, 0.2) is 24.4 Å². The molecule has 0 amide bonds. The van der Waals surface area contributed by atoms with Gasteiger partial charge in [0.1, 0.15) is 0 Å². The number of benzene rings is 1. The van der Waals surface area contributed by atoms with Gasteiger partial charge in [-0.3, -0.25) is 0 Å². The number of fused-ring (bicyclic) bond motifs is 3. The van der Waals surface area contributed by atoms with Crippen molar-refractivity contribution in [1.29, 1.82) is 0 Å². The lowest BCUT2D eigenvalue weighted by atomic mass is 10.1. The number of H-pyrrole nitrogens is 1. The monoisotopic (exact) mass is 325 g/mol. The Balaban J connectivity index is 1.72. The summed E-state index contributed by atoms with van der Waals surface area (Å²) < 4.78 is 25.2. The number of hydrogen-bond acceptors (Lipinski definition) is 3. The van der Waals surface area contributed by atoms with Crippen molar-refractivity contribution in [3.63, 3.8) is 0 Å². The topological polar surface area (TPSA) is 56.4 Å².